The fraction of sp³-hybridized carbons (Fsp3) is 0.333. The molecule has 0 saturated heterocycles. The maximum absolute atomic E-state index is 11.5. The van der Waals surface area contributed by atoms with Gasteiger partial charge in [0.2, 0.25) is 0 Å². The van der Waals surface area contributed by atoms with Gasteiger partial charge in [-0.2, -0.15) is 5.10 Å². The molecule has 0 radical (unpaired) electrons. The van der Waals surface area contributed by atoms with Crippen LogP contribution in [-0.2, 0) is 0 Å². The van der Waals surface area contributed by atoms with Gasteiger partial charge in [0.15, 0.2) is 5.69 Å². The molecule has 0 unspecified atom stereocenters. The van der Waals surface area contributed by atoms with Crippen molar-refractivity contribution in [3.8, 4) is 5.69 Å². The van der Waals surface area contributed by atoms with Gasteiger partial charge in [-0.25, -0.2) is 9.48 Å². The van der Waals surface area contributed by atoms with Crippen LogP contribution < -0.4 is 0 Å². The van der Waals surface area contributed by atoms with E-state index < -0.39 is 5.97 Å². The summed E-state index contributed by atoms with van der Waals surface area (Å²) in [6, 6.07) is 7.66. The largest absolute Gasteiger partial charge is 0.477 e. The zero-order valence-electron chi connectivity index (χ0n) is 11.6. The molecule has 1 aromatic heterocycles. The van der Waals surface area contributed by atoms with Crippen molar-refractivity contribution in [2.75, 3.05) is 0 Å². The Morgan fingerprint density at radius 3 is 2.42 bits per heavy atom. The van der Waals surface area contributed by atoms with Gasteiger partial charge < -0.3 is 5.11 Å². The molecule has 4 nitrogen and oxygen atoms in total. The fourth-order valence-corrected chi connectivity index (χ4v) is 2.29. The number of hydrogen-bond acceptors (Lipinski definition) is 2. The molecule has 2 rings (SSSR count). The van der Waals surface area contributed by atoms with Crippen LogP contribution in [0.4, 0.5) is 0 Å². The Kier molecular flexibility index (Phi) is 3.42. The maximum Gasteiger partial charge on any atom is 0.354 e. The molecule has 4 heteroatoms. The van der Waals surface area contributed by atoms with Crippen molar-refractivity contribution in [1.29, 1.82) is 0 Å². The van der Waals surface area contributed by atoms with Crippen LogP contribution in [0.25, 0.3) is 5.69 Å². The summed E-state index contributed by atoms with van der Waals surface area (Å²) < 4.78 is 1.54. The van der Waals surface area contributed by atoms with E-state index in [-0.39, 0.29) is 11.6 Å². The van der Waals surface area contributed by atoms with Gasteiger partial charge in [0, 0.05) is 5.56 Å². The molecule has 0 aliphatic heterocycles. The van der Waals surface area contributed by atoms with Crippen LogP contribution in [0.2, 0.25) is 0 Å². The van der Waals surface area contributed by atoms with Crippen molar-refractivity contribution in [3.63, 3.8) is 0 Å². The Morgan fingerprint density at radius 2 is 1.89 bits per heavy atom. The second-order valence-corrected chi connectivity index (χ2v) is 5.02. The van der Waals surface area contributed by atoms with Crippen LogP contribution in [0.15, 0.2) is 24.3 Å². The van der Waals surface area contributed by atoms with E-state index in [1.807, 2.05) is 52.0 Å². The van der Waals surface area contributed by atoms with Gasteiger partial charge in [-0.15, -0.1) is 0 Å². The number of carboxylic acids is 1. The number of carboxylic acid groups (broad SMARTS) is 1. The first-order valence-electron chi connectivity index (χ1n) is 6.32. The van der Waals surface area contributed by atoms with Gasteiger partial charge in [0.05, 0.1) is 11.4 Å². The number of hydrogen-bond donors (Lipinski definition) is 1. The molecule has 1 N–H and O–H groups in total. The highest BCUT2D eigenvalue weighted by Crippen LogP contribution is 2.25. The molecule has 0 amide bonds. The molecule has 0 bridgehead atoms. The molecular weight excluding hydrogens is 240 g/mol. The zero-order valence-corrected chi connectivity index (χ0v) is 11.6. The fourth-order valence-electron chi connectivity index (χ4n) is 2.29. The van der Waals surface area contributed by atoms with Crippen LogP contribution in [0.1, 0.15) is 47.1 Å². The summed E-state index contributed by atoms with van der Waals surface area (Å²) in [5, 5.41) is 13.9. The van der Waals surface area contributed by atoms with E-state index in [0.29, 0.717) is 0 Å². The Morgan fingerprint density at radius 1 is 1.26 bits per heavy atom. The van der Waals surface area contributed by atoms with Gasteiger partial charge in [0.25, 0.3) is 0 Å². The smallest absolute Gasteiger partial charge is 0.354 e. The second-order valence-electron chi connectivity index (χ2n) is 5.02. The highest BCUT2D eigenvalue weighted by Gasteiger charge is 2.23. The van der Waals surface area contributed by atoms with Crippen molar-refractivity contribution in [1.82, 2.24) is 9.78 Å². The normalized spacial score (nSPS) is 11.0. The number of aromatic carboxylic acids is 1. The standard InChI is InChI=1S/C15H18N2O2/c1-9(2)13-11(4)14(15(18)19)17(16-13)12-8-6-5-7-10(12)3/h5-9H,1-4H3,(H,18,19). The van der Waals surface area contributed by atoms with Crippen molar-refractivity contribution in [2.24, 2.45) is 0 Å². The topological polar surface area (TPSA) is 55.1 Å². The summed E-state index contributed by atoms with van der Waals surface area (Å²) in [6.07, 6.45) is 0. The zero-order chi connectivity index (χ0) is 14.2. The second kappa shape index (κ2) is 4.88. The van der Waals surface area contributed by atoms with Crippen LogP contribution in [0.3, 0.4) is 0 Å². The number of para-hydroxylation sites is 1. The van der Waals surface area contributed by atoms with Crippen LogP contribution >= 0.6 is 0 Å². The number of aromatic nitrogens is 2. The van der Waals surface area contributed by atoms with E-state index in [0.717, 1.165) is 22.5 Å². The van der Waals surface area contributed by atoms with Gasteiger partial charge in [0.1, 0.15) is 0 Å². The van der Waals surface area contributed by atoms with Gasteiger partial charge in [-0.3, -0.25) is 0 Å². The lowest BCUT2D eigenvalue weighted by molar-refractivity contribution is 0.0686. The molecule has 0 atom stereocenters. The van der Waals surface area contributed by atoms with Crippen molar-refractivity contribution in [3.05, 3.63) is 46.8 Å². The number of carbonyl (C=O) groups is 1. The maximum atomic E-state index is 11.5. The number of nitrogens with zero attached hydrogens (tertiary/aromatic N) is 2. The predicted octanol–water partition coefficient (Wildman–Crippen LogP) is 3.31. The first-order chi connectivity index (χ1) is 8.93. The summed E-state index contributed by atoms with van der Waals surface area (Å²) >= 11 is 0. The first kappa shape index (κ1) is 13.3. The lowest BCUT2D eigenvalue weighted by Gasteiger charge is -2.07. The van der Waals surface area contributed by atoms with Crippen LogP contribution in [-0.4, -0.2) is 20.9 Å². The molecule has 1 aromatic carbocycles. The third-order valence-corrected chi connectivity index (χ3v) is 3.25. The lowest BCUT2D eigenvalue weighted by Crippen LogP contribution is -2.10. The summed E-state index contributed by atoms with van der Waals surface area (Å²) in [6.45, 7) is 7.81. The number of aryl methyl sites for hydroxylation is 1. The minimum absolute atomic E-state index is 0.198. The Labute approximate surface area is 112 Å². The summed E-state index contributed by atoms with van der Waals surface area (Å²) in [4.78, 5) is 11.5. The van der Waals surface area contributed by atoms with E-state index in [9.17, 15) is 9.90 Å². The third kappa shape index (κ3) is 2.26. The Bertz CT molecular complexity index is 627. The molecule has 100 valence electrons. The summed E-state index contributed by atoms with van der Waals surface area (Å²) in [5.74, 6) is -0.747. The molecule has 0 fully saturated rings. The van der Waals surface area contributed by atoms with E-state index >= 15 is 0 Å². The van der Waals surface area contributed by atoms with Crippen LogP contribution in [0, 0.1) is 13.8 Å². The quantitative estimate of drug-likeness (QED) is 0.918. The van der Waals surface area contributed by atoms with E-state index in [1.54, 1.807) is 4.68 Å². The van der Waals surface area contributed by atoms with Crippen LogP contribution in [0.5, 0.6) is 0 Å². The molecule has 19 heavy (non-hydrogen) atoms. The number of rotatable bonds is 3. The van der Waals surface area contributed by atoms with Crippen molar-refractivity contribution >= 4 is 5.97 Å². The van der Waals surface area contributed by atoms with E-state index in [4.69, 9.17) is 0 Å². The number of benzene rings is 1. The van der Waals surface area contributed by atoms with E-state index in [1.165, 1.54) is 0 Å². The predicted molar refractivity (Wildman–Crippen MR) is 74.1 cm³/mol. The third-order valence-electron chi connectivity index (χ3n) is 3.25. The van der Waals surface area contributed by atoms with E-state index in [2.05, 4.69) is 5.10 Å². The minimum atomic E-state index is -0.944. The molecule has 2 aromatic rings. The molecule has 0 aliphatic carbocycles. The molecule has 1 heterocycles. The summed E-state index contributed by atoms with van der Waals surface area (Å²) in [7, 11) is 0. The lowest BCUT2D eigenvalue weighted by atomic mass is 10.1. The Hall–Kier alpha value is -2.10. The molecule has 0 spiro atoms. The first-order valence-corrected chi connectivity index (χ1v) is 6.32. The van der Waals surface area contributed by atoms with Gasteiger partial charge in [-0.05, 0) is 31.4 Å². The molecule has 0 aliphatic rings. The summed E-state index contributed by atoms with van der Waals surface area (Å²) in [5.41, 5.74) is 3.64. The van der Waals surface area contributed by atoms with Crippen molar-refractivity contribution < 1.29 is 9.90 Å². The Balaban J connectivity index is 2.73. The highest BCUT2D eigenvalue weighted by molar-refractivity contribution is 5.88. The van der Waals surface area contributed by atoms with Crippen molar-refractivity contribution in [2.45, 2.75) is 33.6 Å². The molecular formula is C15H18N2O2. The average molecular weight is 258 g/mol. The minimum Gasteiger partial charge on any atom is -0.477 e. The van der Waals surface area contributed by atoms with Gasteiger partial charge >= 0.3 is 5.97 Å². The average Bonchev–Trinajstić information content (AvgIpc) is 2.67. The molecule has 0 saturated carbocycles. The highest BCUT2D eigenvalue weighted by atomic mass is 16.4. The SMILES string of the molecule is Cc1ccccc1-n1nc(C(C)C)c(C)c1C(=O)O. The monoisotopic (exact) mass is 258 g/mol. The van der Waals surface area contributed by atoms with Gasteiger partial charge in [-0.1, -0.05) is 32.0 Å².